The Morgan fingerprint density at radius 2 is 0.750 bits per heavy atom. The summed E-state index contributed by atoms with van der Waals surface area (Å²) in [6, 6.07) is 0. The van der Waals surface area contributed by atoms with Crippen molar-refractivity contribution < 1.29 is 0 Å². The first kappa shape index (κ1) is 32.1. The van der Waals surface area contributed by atoms with Gasteiger partial charge in [0, 0.05) is 0 Å². The van der Waals surface area contributed by atoms with E-state index in [1.165, 1.54) is 19.3 Å². The molecule has 0 bridgehead atoms. The topological polar surface area (TPSA) is 0 Å². The van der Waals surface area contributed by atoms with Crippen LogP contribution in [0, 0.1) is 29.6 Å². The summed E-state index contributed by atoms with van der Waals surface area (Å²) in [6.07, 6.45) is 3.97. The highest BCUT2D eigenvalue weighted by atomic mass is 14.2. The summed E-state index contributed by atoms with van der Waals surface area (Å²) in [4.78, 5) is 0. The predicted molar refractivity (Wildman–Crippen MR) is 103 cm³/mol. The Kier molecular flexibility index (Phi) is 30.5. The van der Waals surface area contributed by atoms with Gasteiger partial charge in [0.15, 0.2) is 0 Å². The van der Waals surface area contributed by atoms with Crippen LogP contribution in [0.4, 0.5) is 0 Å². The molecule has 0 aromatic heterocycles. The Bertz CT molecular complexity index is 138. The second kappa shape index (κ2) is 19.0. The van der Waals surface area contributed by atoms with Gasteiger partial charge in [-0.15, -0.1) is 0 Å². The van der Waals surface area contributed by atoms with Crippen molar-refractivity contribution in [2.24, 2.45) is 29.6 Å². The maximum atomic E-state index is 2.38. The van der Waals surface area contributed by atoms with Crippen LogP contribution in [0.3, 0.4) is 0 Å². The van der Waals surface area contributed by atoms with E-state index in [4.69, 9.17) is 0 Å². The van der Waals surface area contributed by atoms with Gasteiger partial charge in [0.2, 0.25) is 0 Å². The average molecular weight is 291 g/mol. The molecule has 0 fully saturated rings. The van der Waals surface area contributed by atoms with Crippen LogP contribution in [-0.2, 0) is 0 Å². The van der Waals surface area contributed by atoms with Crippen LogP contribution in [0.25, 0.3) is 0 Å². The molecule has 0 saturated carbocycles. The molecule has 0 heterocycles. The van der Waals surface area contributed by atoms with E-state index in [2.05, 4.69) is 62.3 Å². The zero-order valence-electron chi connectivity index (χ0n) is 14.0. The molecule has 3 atom stereocenters. The summed E-state index contributed by atoms with van der Waals surface area (Å²) >= 11 is 0. The minimum Gasteiger partial charge on any atom is -0.0776 e. The molecule has 0 aliphatic heterocycles. The number of hydrogen-bond donors (Lipinski definition) is 0. The first-order valence-corrected chi connectivity index (χ1v) is 7.81. The van der Waals surface area contributed by atoms with Gasteiger partial charge in [-0.1, -0.05) is 104 Å². The molecule has 0 nitrogen and oxygen atoms in total. The highest BCUT2D eigenvalue weighted by Gasteiger charge is 2.15. The van der Waals surface area contributed by atoms with Crippen LogP contribution in [0.5, 0.6) is 0 Å². The molecule has 0 aliphatic carbocycles. The zero-order chi connectivity index (χ0) is 14.0. The molecule has 0 amide bonds. The molecule has 20 heavy (non-hydrogen) atoms. The maximum absolute atomic E-state index is 2.38. The van der Waals surface area contributed by atoms with Crippen LogP contribution in [-0.4, -0.2) is 0 Å². The Balaban J connectivity index is -0.0000000681. The van der Waals surface area contributed by atoms with E-state index in [1.54, 1.807) is 0 Å². The van der Waals surface area contributed by atoms with Gasteiger partial charge in [0.25, 0.3) is 0 Å². The number of rotatable bonds is 6. The first-order valence-electron chi connectivity index (χ1n) is 7.81. The van der Waals surface area contributed by atoms with Crippen molar-refractivity contribution in [1.82, 2.24) is 0 Å². The molecule has 130 valence electrons. The lowest BCUT2D eigenvalue weighted by atomic mass is 9.82. The minimum absolute atomic E-state index is 0. The fourth-order valence-corrected chi connectivity index (χ4v) is 1.78. The molecule has 0 saturated heterocycles. The zero-order valence-corrected chi connectivity index (χ0v) is 14.0. The average Bonchev–Trinajstić information content (AvgIpc) is 2.35. The standard InChI is InChI=1S/C10H22.C7H16.3CH4/c1-6-8(3)10(5)9(4)7-2;1-5-7(4)6(2)3;;;/h8-10H,6-7H2,1-5H3;6-7H,5H2,1-4H3;3*1H4. The molecule has 0 aromatic rings. The Morgan fingerprint density at radius 3 is 0.850 bits per heavy atom. The lowest BCUT2D eigenvalue weighted by Crippen LogP contribution is -2.14. The van der Waals surface area contributed by atoms with Crippen molar-refractivity contribution in [3.63, 3.8) is 0 Å². The normalized spacial score (nSPS) is 15.3. The summed E-state index contributed by atoms with van der Waals surface area (Å²) in [5, 5.41) is 0. The largest absolute Gasteiger partial charge is 0.0776 e. The van der Waals surface area contributed by atoms with E-state index in [0.717, 1.165) is 29.6 Å². The molecule has 0 radical (unpaired) electrons. The van der Waals surface area contributed by atoms with E-state index in [0.29, 0.717) is 0 Å². The van der Waals surface area contributed by atoms with Crippen LogP contribution in [0.15, 0.2) is 0 Å². The van der Waals surface area contributed by atoms with E-state index in [1.807, 2.05) is 0 Å². The molecule has 0 heteroatoms. The van der Waals surface area contributed by atoms with Crippen molar-refractivity contribution >= 4 is 0 Å². The van der Waals surface area contributed by atoms with Crippen LogP contribution in [0.1, 0.15) is 104 Å². The summed E-state index contributed by atoms with van der Waals surface area (Å²) in [5.74, 6) is 4.46. The molecule has 0 aromatic carbocycles. The second-order valence-electron chi connectivity index (χ2n) is 6.26. The lowest BCUT2D eigenvalue weighted by molar-refractivity contribution is 0.267. The monoisotopic (exact) mass is 290 g/mol. The van der Waals surface area contributed by atoms with Gasteiger partial charge >= 0.3 is 0 Å². The molecule has 3 unspecified atom stereocenters. The molecule has 0 aliphatic rings. The maximum Gasteiger partial charge on any atom is -0.0391 e. The van der Waals surface area contributed by atoms with Crippen LogP contribution in [0.2, 0.25) is 0 Å². The number of hydrogen-bond acceptors (Lipinski definition) is 0. The molecule has 0 rings (SSSR count). The quantitative estimate of drug-likeness (QED) is 0.461. The first-order chi connectivity index (χ1) is 7.81. The van der Waals surface area contributed by atoms with Crippen LogP contribution >= 0.6 is 0 Å². The third-order valence-electron chi connectivity index (χ3n) is 4.87. The molecular weight excluding hydrogens is 240 g/mol. The summed E-state index contributed by atoms with van der Waals surface area (Å²) in [6.45, 7) is 20.7. The molecule has 0 N–H and O–H groups in total. The van der Waals surface area contributed by atoms with Gasteiger partial charge in [-0.25, -0.2) is 0 Å². The Morgan fingerprint density at radius 1 is 0.500 bits per heavy atom. The van der Waals surface area contributed by atoms with Crippen molar-refractivity contribution in [2.45, 2.75) is 104 Å². The minimum atomic E-state index is 0. The lowest BCUT2D eigenvalue weighted by Gasteiger charge is -2.23. The SMILES string of the molecule is C.C.C.CCC(C)C(C)C.CCC(C)C(C)C(C)CC. The van der Waals surface area contributed by atoms with Gasteiger partial charge in [0.1, 0.15) is 0 Å². The third-order valence-corrected chi connectivity index (χ3v) is 4.87. The smallest absolute Gasteiger partial charge is 0.0391 e. The summed E-state index contributed by atoms with van der Waals surface area (Å²) in [5.41, 5.74) is 0. The fraction of sp³-hybridized carbons (Fsp3) is 1.00. The van der Waals surface area contributed by atoms with Gasteiger partial charge in [-0.3, -0.25) is 0 Å². The van der Waals surface area contributed by atoms with E-state index < -0.39 is 0 Å². The van der Waals surface area contributed by atoms with Gasteiger partial charge in [-0.05, 0) is 29.6 Å². The van der Waals surface area contributed by atoms with Crippen molar-refractivity contribution in [1.29, 1.82) is 0 Å². The van der Waals surface area contributed by atoms with Gasteiger partial charge in [0.05, 0.1) is 0 Å². The molecule has 0 spiro atoms. The van der Waals surface area contributed by atoms with E-state index in [-0.39, 0.29) is 22.3 Å². The summed E-state index contributed by atoms with van der Waals surface area (Å²) in [7, 11) is 0. The highest BCUT2D eigenvalue weighted by molar-refractivity contribution is 4.65. The van der Waals surface area contributed by atoms with Crippen LogP contribution < -0.4 is 0 Å². The van der Waals surface area contributed by atoms with E-state index >= 15 is 0 Å². The summed E-state index contributed by atoms with van der Waals surface area (Å²) < 4.78 is 0. The van der Waals surface area contributed by atoms with Crippen molar-refractivity contribution in [3.8, 4) is 0 Å². The fourth-order valence-electron chi connectivity index (χ4n) is 1.78. The van der Waals surface area contributed by atoms with Crippen molar-refractivity contribution in [3.05, 3.63) is 0 Å². The van der Waals surface area contributed by atoms with E-state index in [9.17, 15) is 0 Å². The van der Waals surface area contributed by atoms with Gasteiger partial charge < -0.3 is 0 Å². The molecular formula is C20H50. The van der Waals surface area contributed by atoms with Crippen molar-refractivity contribution in [2.75, 3.05) is 0 Å². The van der Waals surface area contributed by atoms with Gasteiger partial charge in [-0.2, -0.15) is 0 Å². The second-order valence-corrected chi connectivity index (χ2v) is 6.26. The Hall–Kier alpha value is 0. The highest BCUT2D eigenvalue weighted by Crippen LogP contribution is 2.24. The predicted octanol–water partition coefficient (Wildman–Crippen LogP) is 8.31. The third kappa shape index (κ3) is 16.1. The Labute approximate surface area is 134 Å².